The van der Waals surface area contributed by atoms with Crippen molar-refractivity contribution in [3.63, 3.8) is 0 Å². The van der Waals surface area contributed by atoms with Gasteiger partial charge in [-0.1, -0.05) is 13.8 Å². The molecule has 138 valence electrons. The van der Waals surface area contributed by atoms with Crippen molar-refractivity contribution in [2.45, 2.75) is 39.3 Å². The topological polar surface area (TPSA) is 57.7 Å². The van der Waals surface area contributed by atoms with Gasteiger partial charge in [-0.05, 0) is 32.9 Å². The van der Waals surface area contributed by atoms with Crippen LogP contribution in [-0.4, -0.2) is 66.6 Å². The summed E-state index contributed by atoms with van der Waals surface area (Å²) in [6.07, 6.45) is 1.76. The van der Waals surface area contributed by atoms with Crippen LogP contribution in [0.25, 0.3) is 0 Å². The summed E-state index contributed by atoms with van der Waals surface area (Å²) >= 11 is 0. The molecule has 2 aliphatic rings. The number of piperazine rings is 1. The number of nitrogens with zero attached hydrogens (tertiary/aromatic N) is 3. The first-order chi connectivity index (χ1) is 11.8. The molecule has 0 unspecified atom stereocenters. The molecule has 3 heterocycles. The number of fused-ring (bicyclic) bond motifs is 1. The van der Waals surface area contributed by atoms with E-state index in [2.05, 4.69) is 41.0 Å². The maximum Gasteiger partial charge on any atom is 0.343 e. The van der Waals surface area contributed by atoms with Gasteiger partial charge in [-0.2, -0.15) is 0 Å². The van der Waals surface area contributed by atoms with Crippen LogP contribution in [0.3, 0.4) is 0 Å². The minimum atomic E-state index is -0.583. The normalized spacial score (nSPS) is 21.9. The number of nitrogens with one attached hydrogen (secondary N) is 1. The summed E-state index contributed by atoms with van der Waals surface area (Å²) in [5.74, 6) is 0.889. The molecule has 1 atom stereocenters. The van der Waals surface area contributed by atoms with Crippen LogP contribution in [0.5, 0.6) is 0 Å². The number of anilines is 1. The highest BCUT2D eigenvalue weighted by atomic mass is 16.6. The number of likely N-dealkylation sites (N-methyl/N-ethyl adjacent to an activating group) is 1. The van der Waals surface area contributed by atoms with Crippen molar-refractivity contribution in [2.24, 2.45) is 5.92 Å². The van der Waals surface area contributed by atoms with Crippen LogP contribution < -0.4 is 5.32 Å². The van der Waals surface area contributed by atoms with E-state index in [-0.39, 0.29) is 5.97 Å². The minimum Gasteiger partial charge on any atom is -0.451 e. The fourth-order valence-electron chi connectivity index (χ4n) is 3.78. The molecule has 6 heteroatoms. The summed E-state index contributed by atoms with van der Waals surface area (Å²) in [4.78, 5) is 21.6. The Labute approximate surface area is 150 Å². The zero-order chi connectivity index (χ0) is 18.2. The van der Waals surface area contributed by atoms with Gasteiger partial charge in [0.2, 0.25) is 0 Å². The number of hydrogen-bond donors (Lipinski definition) is 1. The Kier molecular flexibility index (Phi) is 5.02. The van der Waals surface area contributed by atoms with Crippen molar-refractivity contribution in [3.8, 4) is 0 Å². The van der Waals surface area contributed by atoms with Crippen molar-refractivity contribution >= 4 is 11.8 Å². The van der Waals surface area contributed by atoms with Crippen LogP contribution >= 0.6 is 0 Å². The maximum absolute atomic E-state index is 12.3. The average Bonchev–Trinajstić information content (AvgIpc) is 2.79. The SMILES string of the molecule is CC(C)[C@@H](CNc1nccc2c1C(=O)OC2(C)C)N1CCN(C)CC1. The third-order valence-electron chi connectivity index (χ3n) is 5.41. The first-order valence-electron chi connectivity index (χ1n) is 9.19. The van der Waals surface area contributed by atoms with E-state index in [1.807, 2.05) is 19.9 Å². The molecule has 1 N–H and O–H groups in total. The number of hydrogen-bond acceptors (Lipinski definition) is 6. The van der Waals surface area contributed by atoms with Crippen LogP contribution in [0.15, 0.2) is 12.3 Å². The molecule has 6 nitrogen and oxygen atoms in total. The fourth-order valence-corrected chi connectivity index (χ4v) is 3.78. The van der Waals surface area contributed by atoms with Gasteiger partial charge >= 0.3 is 5.97 Å². The monoisotopic (exact) mass is 346 g/mol. The Morgan fingerprint density at radius 1 is 1.28 bits per heavy atom. The lowest BCUT2D eigenvalue weighted by atomic mass is 9.97. The van der Waals surface area contributed by atoms with Gasteiger partial charge < -0.3 is 15.0 Å². The van der Waals surface area contributed by atoms with E-state index in [4.69, 9.17) is 4.74 Å². The molecule has 1 saturated heterocycles. The van der Waals surface area contributed by atoms with Crippen molar-refractivity contribution in [1.29, 1.82) is 0 Å². The molecule has 0 radical (unpaired) electrons. The largest absolute Gasteiger partial charge is 0.451 e. The predicted molar refractivity (Wildman–Crippen MR) is 98.9 cm³/mol. The van der Waals surface area contributed by atoms with Gasteiger partial charge in [0.05, 0.1) is 0 Å². The summed E-state index contributed by atoms with van der Waals surface area (Å²) in [7, 11) is 2.17. The fraction of sp³-hybridized carbons (Fsp3) is 0.684. The summed E-state index contributed by atoms with van der Waals surface area (Å²) in [5.41, 5.74) is 0.921. The van der Waals surface area contributed by atoms with Crippen molar-refractivity contribution in [3.05, 3.63) is 23.4 Å². The summed E-state index contributed by atoms with van der Waals surface area (Å²) in [6.45, 7) is 13.5. The molecule has 0 bridgehead atoms. The van der Waals surface area contributed by atoms with E-state index in [1.54, 1.807) is 6.20 Å². The van der Waals surface area contributed by atoms with E-state index in [9.17, 15) is 4.79 Å². The molecular formula is C19H30N4O2. The van der Waals surface area contributed by atoms with E-state index in [0.29, 0.717) is 23.3 Å². The first kappa shape index (κ1) is 18.1. The molecule has 0 amide bonds. The molecule has 2 aliphatic heterocycles. The van der Waals surface area contributed by atoms with Crippen LogP contribution in [0, 0.1) is 5.92 Å². The Bertz CT molecular complexity index is 636. The molecule has 25 heavy (non-hydrogen) atoms. The van der Waals surface area contributed by atoms with Crippen LogP contribution in [-0.2, 0) is 10.3 Å². The van der Waals surface area contributed by atoms with E-state index in [1.165, 1.54) is 0 Å². The zero-order valence-electron chi connectivity index (χ0n) is 16.0. The van der Waals surface area contributed by atoms with Gasteiger partial charge in [-0.3, -0.25) is 4.90 Å². The molecule has 1 aromatic rings. The second kappa shape index (κ2) is 6.92. The molecule has 0 aromatic carbocycles. The average molecular weight is 346 g/mol. The Morgan fingerprint density at radius 2 is 1.96 bits per heavy atom. The van der Waals surface area contributed by atoms with Gasteiger partial charge in [0.15, 0.2) is 0 Å². The second-order valence-corrected chi connectivity index (χ2v) is 8.01. The molecule has 3 rings (SSSR count). The third-order valence-corrected chi connectivity index (χ3v) is 5.41. The van der Waals surface area contributed by atoms with Crippen molar-refractivity contribution in [2.75, 3.05) is 45.1 Å². The number of pyridine rings is 1. The first-order valence-corrected chi connectivity index (χ1v) is 9.19. The van der Waals surface area contributed by atoms with E-state index in [0.717, 1.165) is 38.3 Å². The van der Waals surface area contributed by atoms with Crippen LogP contribution in [0.4, 0.5) is 5.82 Å². The molecule has 0 spiro atoms. The summed E-state index contributed by atoms with van der Waals surface area (Å²) < 4.78 is 5.51. The van der Waals surface area contributed by atoms with Gasteiger partial charge in [0.25, 0.3) is 0 Å². The van der Waals surface area contributed by atoms with Gasteiger partial charge in [0.1, 0.15) is 17.0 Å². The molecular weight excluding hydrogens is 316 g/mol. The number of cyclic esters (lactones) is 1. The van der Waals surface area contributed by atoms with Crippen molar-refractivity contribution in [1.82, 2.24) is 14.8 Å². The number of ether oxygens (including phenoxy) is 1. The van der Waals surface area contributed by atoms with Crippen LogP contribution in [0.1, 0.15) is 43.6 Å². The van der Waals surface area contributed by atoms with Gasteiger partial charge in [-0.25, -0.2) is 9.78 Å². The summed E-state index contributed by atoms with van der Waals surface area (Å²) in [6, 6.07) is 2.29. The Hall–Kier alpha value is -1.66. The molecule has 0 aliphatic carbocycles. The lowest BCUT2D eigenvalue weighted by molar-refractivity contribution is 0.00958. The summed E-state index contributed by atoms with van der Waals surface area (Å²) in [5, 5.41) is 3.44. The highest BCUT2D eigenvalue weighted by Gasteiger charge is 2.40. The predicted octanol–water partition coefficient (Wildman–Crippen LogP) is 2.17. The van der Waals surface area contributed by atoms with Crippen molar-refractivity contribution < 1.29 is 9.53 Å². The van der Waals surface area contributed by atoms with Gasteiger partial charge in [0, 0.05) is 50.5 Å². The molecule has 1 aromatic heterocycles. The van der Waals surface area contributed by atoms with E-state index < -0.39 is 5.60 Å². The van der Waals surface area contributed by atoms with Crippen LogP contribution in [0.2, 0.25) is 0 Å². The third kappa shape index (κ3) is 3.65. The minimum absolute atomic E-state index is 0.281. The maximum atomic E-state index is 12.3. The number of esters is 1. The number of carbonyl (C=O) groups excluding carboxylic acids is 1. The lowest BCUT2D eigenvalue weighted by Crippen LogP contribution is -2.52. The van der Waals surface area contributed by atoms with Gasteiger partial charge in [-0.15, -0.1) is 0 Å². The van der Waals surface area contributed by atoms with E-state index >= 15 is 0 Å². The highest BCUT2D eigenvalue weighted by molar-refractivity contribution is 5.99. The number of rotatable bonds is 5. The lowest BCUT2D eigenvalue weighted by Gasteiger charge is -2.40. The smallest absolute Gasteiger partial charge is 0.343 e. The zero-order valence-corrected chi connectivity index (χ0v) is 16.0. The molecule has 1 fully saturated rings. The second-order valence-electron chi connectivity index (χ2n) is 8.01. The Balaban J connectivity index is 1.74. The quantitative estimate of drug-likeness (QED) is 0.825. The molecule has 0 saturated carbocycles. The standard InChI is InChI=1S/C19H30N4O2/c1-13(2)15(23-10-8-22(5)9-11-23)12-21-17-16-14(6-7-20-17)19(3,4)25-18(16)24/h6-7,13,15H,8-12H2,1-5H3,(H,20,21)/t15-/m1/s1. The Morgan fingerprint density at radius 3 is 2.60 bits per heavy atom. The number of carbonyl (C=O) groups is 1. The number of aromatic nitrogens is 1. The highest BCUT2D eigenvalue weighted by Crippen LogP contribution is 2.38.